The first-order chi connectivity index (χ1) is 6.79. The van der Waals surface area contributed by atoms with E-state index in [0.717, 1.165) is 12.6 Å². The summed E-state index contributed by atoms with van der Waals surface area (Å²) in [7, 11) is 0. The van der Waals surface area contributed by atoms with Crippen LogP contribution in [0.2, 0.25) is 0 Å². The van der Waals surface area contributed by atoms with E-state index in [1.54, 1.807) is 0 Å². The van der Waals surface area contributed by atoms with E-state index >= 15 is 0 Å². The average Bonchev–Trinajstić information content (AvgIpc) is 2.65. The van der Waals surface area contributed by atoms with Gasteiger partial charge in [-0.15, -0.1) is 0 Å². The summed E-state index contributed by atoms with van der Waals surface area (Å²) in [5.41, 5.74) is 1.31. The molecule has 0 bridgehead atoms. The minimum atomic E-state index is 0.718. The van der Waals surface area contributed by atoms with Crippen LogP contribution < -0.4 is 0 Å². The summed E-state index contributed by atoms with van der Waals surface area (Å²) in [6, 6.07) is 0.718. The normalized spacial score (nSPS) is 25.6. The molecule has 2 rings (SSSR count). The van der Waals surface area contributed by atoms with Gasteiger partial charge in [0.25, 0.3) is 0 Å². The molecule has 1 saturated heterocycles. The molecule has 0 aromatic carbocycles. The van der Waals surface area contributed by atoms with Crippen molar-refractivity contribution in [3.05, 3.63) is 0 Å². The molecule has 2 aliphatic heterocycles. The minimum absolute atomic E-state index is 0.718. The van der Waals surface area contributed by atoms with Crippen LogP contribution in [0.5, 0.6) is 0 Å². The van der Waals surface area contributed by atoms with E-state index in [4.69, 9.17) is 0 Å². The Morgan fingerprint density at radius 3 is 2.50 bits per heavy atom. The largest absolute Gasteiger partial charge is 0.303 e. The van der Waals surface area contributed by atoms with Gasteiger partial charge in [0.05, 0.1) is 0 Å². The second-order valence-corrected chi connectivity index (χ2v) is 4.41. The summed E-state index contributed by atoms with van der Waals surface area (Å²) < 4.78 is 0. The Morgan fingerprint density at radius 1 is 1.29 bits per heavy atom. The fourth-order valence-electron chi connectivity index (χ4n) is 2.39. The lowest BCUT2D eigenvalue weighted by atomic mass is 10.0. The SMILES string of the molecule is CCN1CCC(N2CCC(C)=N2)CC1. The molecule has 3 heteroatoms. The van der Waals surface area contributed by atoms with Gasteiger partial charge in [0.15, 0.2) is 0 Å². The van der Waals surface area contributed by atoms with Crippen LogP contribution in [0.3, 0.4) is 0 Å². The van der Waals surface area contributed by atoms with Gasteiger partial charge in [0.1, 0.15) is 0 Å². The molecule has 0 unspecified atom stereocenters. The molecule has 2 heterocycles. The molecule has 0 aromatic heterocycles. The molecule has 3 nitrogen and oxygen atoms in total. The van der Waals surface area contributed by atoms with Crippen LogP contribution in [0.25, 0.3) is 0 Å². The van der Waals surface area contributed by atoms with Crippen molar-refractivity contribution in [1.82, 2.24) is 9.91 Å². The molecule has 2 aliphatic rings. The third-order valence-corrected chi connectivity index (χ3v) is 3.43. The van der Waals surface area contributed by atoms with E-state index in [-0.39, 0.29) is 0 Å². The summed E-state index contributed by atoms with van der Waals surface area (Å²) in [5, 5.41) is 6.92. The van der Waals surface area contributed by atoms with Gasteiger partial charge in [-0.05, 0) is 26.3 Å². The van der Waals surface area contributed by atoms with Crippen LogP contribution in [0.4, 0.5) is 0 Å². The summed E-state index contributed by atoms with van der Waals surface area (Å²) in [5.74, 6) is 0. The molecule has 1 fully saturated rings. The van der Waals surface area contributed by atoms with Crippen molar-refractivity contribution in [2.24, 2.45) is 5.10 Å². The van der Waals surface area contributed by atoms with Crippen molar-refractivity contribution in [3.63, 3.8) is 0 Å². The van der Waals surface area contributed by atoms with Crippen molar-refractivity contribution >= 4 is 5.71 Å². The van der Waals surface area contributed by atoms with Gasteiger partial charge >= 0.3 is 0 Å². The monoisotopic (exact) mass is 195 g/mol. The zero-order valence-corrected chi connectivity index (χ0v) is 9.37. The Labute approximate surface area is 86.8 Å². The summed E-state index contributed by atoms with van der Waals surface area (Å²) in [4.78, 5) is 2.53. The predicted octanol–water partition coefficient (Wildman–Crippen LogP) is 1.55. The van der Waals surface area contributed by atoms with Gasteiger partial charge in [-0.3, -0.25) is 5.01 Å². The quantitative estimate of drug-likeness (QED) is 0.666. The van der Waals surface area contributed by atoms with E-state index in [9.17, 15) is 0 Å². The average molecular weight is 195 g/mol. The smallest absolute Gasteiger partial charge is 0.0495 e. The molecular formula is C11H21N3. The number of piperidine rings is 1. The van der Waals surface area contributed by atoms with E-state index in [1.165, 1.54) is 44.6 Å². The molecule has 14 heavy (non-hydrogen) atoms. The second-order valence-electron chi connectivity index (χ2n) is 4.41. The van der Waals surface area contributed by atoms with Crippen molar-refractivity contribution in [3.8, 4) is 0 Å². The zero-order chi connectivity index (χ0) is 9.97. The van der Waals surface area contributed by atoms with E-state index in [1.807, 2.05) is 0 Å². The lowest BCUT2D eigenvalue weighted by Gasteiger charge is -2.35. The Balaban J connectivity index is 1.83. The van der Waals surface area contributed by atoms with Crippen molar-refractivity contribution < 1.29 is 0 Å². The lowest BCUT2D eigenvalue weighted by Crippen LogP contribution is -2.42. The molecule has 80 valence electrons. The third-order valence-electron chi connectivity index (χ3n) is 3.43. The first kappa shape index (κ1) is 9.97. The topological polar surface area (TPSA) is 18.8 Å². The number of hydrogen-bond donors (Lipinski definition) is 0. The maximum atomic E-state index is 4.59. The molecule has 0 N–H and O–H groups in total. The van der Waals surface area contributed by atoms with Gasteiger partial charge in [-0.25, -0.2) is 0 Å². The highest BCUT2D eigenvalue weighted by Crippen LogP contribution is 2.20. The highest BCUT2D eigenvalue weighted by molar-refractivity contribution is 5.83. The van der Waals surface area contributed by atoms with Gasteiger partial charge in [0.2, 0.25) is 0 Å². The summed E-state index contributed by atoms with van der Waals surface area (Å²) in [6.45, 7) is 9.26. The minimum Gasteiger partial charge on any atom is -0.303 e. The lowest BCUT2D eigenvalue weighted by molar-refractivity contribution is 0.123. The fourth-order valence-corrected chi connectivity index (χ4v) is 2.39. The fraction of sp³-hybridized carbons (Fsp3) is 0.909. The molecular weight excluding hydrogens is 174 g/mol. The maximum absolute atomic E-state index is 4.59. The predicted molar refractivity (Wildman–Crippen MR) is 59.6 cm³/mol. The number of hydrazone groups is 1. The van der Waals surface area contributed by atoms with Crippen LogP contribution in [0, 0.1) is 0 Å². The molecule has 0 radical (unpaired) electrons. The second kappa shape index (κ2) is 4.30. The standard InChI is InChI=1S/C11H21N3/c1-3-13-7-5-11(6-8-13)14-9-4-10(2)12-14/h11H,3-9H2,1-2H3. The van der Waals surface area contributed by atoms with E-state index in [0.29, 0.717) is 0 Å². The first-order valence-electron chi connectivity index (χ1n) is 5.82. The van der Waals surface area contributed by atoms with Crippen LogP contribution in [0.1, 0.15) is 33.1 Å². The van der Waals surface area contributed by atoms with E-state index < -0.39 is 0 Å². The number of likely N-dealkylation sites (tertiary alicyclic amines) is 1. The van der Waals surface area contributed by atoms with Crippen molar-refractivity contribution in [2.75, 3.05) is 26.2 Å². The van der Waals surface area contributed by atoms with Crippen LogP contribution in [0.15, 0.2) is 5.10 Å². The van der Waals surface area contributed by atoms with Crippen LogP contribution in [-0.4, -0.2) is 47.8 Å². The summed E-state index contributed by atoms with van der Waals surface area (Å²) in [6.07, 6.45) is 3.77. The molecule has 0 atom stereocenters. The molecule has 0 spiro atoms. The van der Waals surface area contributed by atoms with Gasteiger partial charge < -0.3 is 4.90 Å². The van der Waals surface area contributed by atoms with Gasteiger partial charge in [-0.2, -0.15) is 5.10 Å². The van der Waals surface area contributed by atoms with Gasteiger partial charge in [-0.1, -0.05) is 6.92 Å². The highest BCUT2D eigenvalue weighted by atomic mass is 15.5. The Kier molecular flexibility index (Phi) is 3.06. The van der Waals surface area contributed by atoms with Crippen LogP contribution >= 0.6 is 0 Å². The number of hydrogen-bond acceptors (Lipinski definition) is 3. The number of nitrogens with zero attached hydrogens (tertiary/aromatic N) is 3. The molecule has 0 amide bonds. The van der Waals surface area contributed by atoms with Crippen LogP contribution in [-0.2, 0) is 0 Å². The Morgan fingerprint density at radius 2 is 2.00 bits per heavy atom. The number of rotatable bonds is 2. The molecule has 0 aliphatic carbocycles. The van der Waals surface area contributed by atoms with Gasteiger partial charge in [0, 0.05) is 37.8 Å². The van der Waals surface area contributed by atoms with Crippen molar-refractivity contribution in [2.45, 2.75) is 39.2 Å². The first-order valence-corrected chi connectivity index (χ1v) is 5.82. The Bertz CT molecular complexity index is 217. The van der Waals surface area contributed by atoms with E-state index in [2.05, 4.69) is 28.9 Å². The maximum Gasteiger partial charge on any atom is 0.0495 e. The highest BCUT2D eigenvalue weighted by Gasteiger charge is 2.25. The summed E-state index contributed by atoms with van der Waals surface area (Å²) >= 11 is 0. The molecule has 0 saturated carbocycles. The third kappa shape index (κ3) is 2.08. The zero-order valence-electron chi connectivity index (χ0n) is 9.37. The van der Waals surface area contributed by atoms with Crippen molar-refractivity contribution in [1.29, 1.82) is 0 Å². The Hall–Kier alpha value is -0.570. The molecule has 0 aromatic rings.